The van der Waals surface area contributed by atoms with Crippen LogP contribution in [0, 0.1) is 5.41 Å². The largest absolute Gasteiger partial charge is 0.481 e. The van der Waals surface area contributed by atoms with Gasteiger partial charge >= 0.3 is 5.97 Å². The molecule has 1 saturated heterocycles. The van der Waals surface area contributed by atoms with Crippen LogP contribution in [0.25, 0.3) is 0 Å². The zero-order valence-electron chi connectivity index (χ0n) is 14.7. The van der Waals surface area contributed by atoms with Crippen molar-refractivity contribution < 1.29 is 24.2 Å². The minimum Gasteiger partial charge on any atom is -0.481 e. The highest BCUT2D eigenvalue weighted by atomic mass is 32.1. The lowest BCUT2D eigenvalue weighted by molar-refractivity contribution is -0.154. The van der Waals surface area contributed by atoms with E-state index in [2.05, 4.69) is 5.32 Å². The van der Waals surface area contributed by atoms with E-state index in [9.17, 15) is 19.5 Å². The molecule has 0 aromatic carbocycles. The smallest absolute Gasteiger partial charge is 0.311 e. The lowest BCUT2D eigenvalue weighted by atomic mass is 9.80. The Morgan fingerprint density at radius 2 is 2.04 bits per heavy atom. The number of ether oxygens (including phenoxy) is 1. The molecule has 0 bridgehead atoms. The second kappa shape index (κ2) is 8.18. The Balaban J connectivity index is 1.44. The Bertz CT molecular complexity index is 681. The van der Waals surface area contributed by atoms with E-state index in [-0.39, 0.29) is 31.2 Å². The van der Waals surface area contributed by atoms with Gasteiger partial charge < -0.3 is 20.1 Å². The van der Waals surface area contributed by atoms with Crippen molar-refractivity contribution in [3.63, 3.8) is 0 Å². The lowest BCUT2D eigenvalue weighted by Gasteiger charge is -2.33. The molecule has 2 N–H and O–H groups in total. The van der Waals surface area contributed by atoms with Crippen LogP contribution in [0.1, 0.15) is 36.1 Å². The van der Waals surface area contributed by atoms with Crippen LogP contribution in [0.3, 0.4) is 0 Å². The quantitative estimate of drug-likeness (QED) is 0.778. The van der Waals surface area contributed by atoms with Gasteiger partial charge in [-0.2, -0.15) is 0 Å². The van der Waals surface area contributed by atoms with Crippen LogP contribution in [-0.4, -0.2) is 54.1 Å². The average molecular weight is 380 g/mol. The van der Waals surface area contributed by atoms with Crippen molar-refractivity contribution in [1.82, 2.24) is 10.2 Å². The Labute approximate surface area is 156 Å². The zero-order chi connectivity index (χ0) is 18.6. The van der Waals surface area contributed by atoms with Gasteiger partial charge in [-0.25, -0.2) is 0 Å². The first kappa shape index (κ1) is 18.8. The van der Waals surface area contributed by atoms with E-state index in [1.54, 1.807) is 16.2 Å². The van der Waals surface area contributed by atoms with E-state index in [1.165, 1.54) is 10.4 Å². The SMILES string of the molecule is O=C(CCC(=O)N1CCc2sccc2C1)NCC1(C(=O)O)CCOCC1. The summed E-state index contributed by atoms with van der Waals surface area (Å²) in [5.41, 5.74) is 0.238. The molecular weight excluding hydrogens is 356 g/mol. The van der Waals surface area contributed by atoms with Crippen molar-refractivity contribution >= 4 is 29.1 Å². The molecule has 8 heteroatoms. The van der Waals surface area contributed by atoms with Crippen LogP contribution in [0.5, 0.6) is 0 Å². The molecule has 0 aliphatic carbocycles. The van der Waals surface area contributed by atoms with Crippen LogP contribution in [0.2, 0.25) is 0 Å². The number of carboxylic acids is 1. The van der Waals surface area contributed by atoms with Crippen LogP contribution in [-0.2, 0) is 32.1 Å². The van der Waals surface area contributed by atoms with E-state index in [4.69, 9.17) is 4.74 Å². The number of nitrogens with one attached hydrogen (secondary N) is 1. The first-order valence-electron chi connectivity index (χ1n) is 8.91. The number of nitrogens with zero attached hydrogens (tertiary/aromatic N) is 1. The standard InChI is InChI=1S/C18H24N2O5S/c21-15(19-12-18(17(23)24)5-8-25-9-6-18)1-2-16(22)20-7-3-14-13(11-20)4-10-26-14/h4,10H,1-3,5-9,11-12H2,(H,19,21)(H,23,24). The molecular formula is C18H24N2O5S. The summed E-state index contributed by atoms with van der Waals surface area (Å²) in [6, 6.07) is 2.05. The van der Waals surface area contributed by atoms with Crippen molar-refractivity contribution in [2.45, 2.75) is 38.6 Å². The Morgan fingerprint density at radius 1 is 1.27 bits per heavy atom. The molecule has 1 fully saturated rings. The number of fused-ring (bicyclic) bond motifs is 1. The zero-order valence-corrected chi connectivity index (χ0v) is 15.5. The van der Waals surface area contributed by atoms with Crippen molar-refractivity contribution in [3.05, 3.63) is 21.9 Å². The van der Waals surface area contributed by atoms with Crippen molar-refractivity contribution in [2.75, 3.05) is 26.3 Å². The van der Waals surface area contributed by atoms with Gasteiger partial charge in [0.05, 0.1) is 5.41 Å². The van der Waals surface area contributed by atoms with Gasteiger partial charge in [0, 0.05) is 50.6 Å². The molecule has 3 rings (SSSR count). The summed E-state index contributed by atoms with van der Waals surface area (Å²) < 4.78 is 5.22. The van der Waals surface area contributed by atoms with Crippen molar-refractivity contribution in [2.24, 2.45) is 5.41 Å². The molecule has 0 spiro atoms. The molecule has 2 aliphatic rings. The van der Waals surface area contributed by atoms with Crippen LogP contribution in [0.15, 0.2) is 11.4 Å². The van der Waals surface area contributed by atoms with E-state index in [1.807, 2.05) is 11.4 Å². The highest BCUT2D eigenvalue weighted by Gasteiger charge is 2.40. The predicted molar refractivity (Wildman–Crippen MR) is 95.8 cm³/mol. The van der Waals surface area contributed by atoms with E-state index >= 15 is 0 Å². The molecule has 0 atom stereocenters. The third-order valence-electron chi connectivity index (χ3n) is 5.25. The summed E-state index contributed by atoms with van der Waals surface area (Å²) >= 11 is 1.72. The highest BCUT2D eigenvalue weighted by molar-refractivity contribution is 7.10. The fraction of sp³-hybridized carbons (Fsp3) is 0.611. The van der Waals surface area contributed by atoms with Crippen LogP contribution >= 0.6 is 11.3 Å². The average Bonchev–Trinajstić information content (AvgIpc) is 3.12. The number of aliphatic carboxylic acids is 1. The summed E-state index contributed by atoms with van der Waals surface area (Å²) in [4.78, 5) is 39.1. The van der Waals surface area contributed by atoms with Crippen LogP contribution < -0.4 is 5.32 Å². The molecule has 142 valence electrons. The maximum atomic E-state index is 12.4. The van der Waals surface area contributed by atoms with Gasteiger partial charge in [-0.15, -0.1) is 11.3 Å². The van der Waals surface area contributed by atoms with E-state index in [0.717, 1.165) is 6.42 Å². The summed E-state index contributed by atoms with van der Waals surface area (Å²) in [7, 11) is 0. The Hall–Kier alpha value is -1.93. The highest BCUT2D eigenvalue weighted by Crippen LogP contribution is 2.30. The third kappa shape index (κ3) is 4.24. The van der Waals surface area contributed by atoms with E-state index < -0.39 is 11.4 Å². The third-order valence-corrected chi connectivity index (χ3v) is 6.28. The molecule has 0 unspecified atom stereocenters. The molecule has 26 heavy (non-hydrogen) atoms. The van der Waals surface area contributed by atoms with E-state index in [0.29, 0.717) is 39.1 Å². The van der Waals surface area contributed by atoms with Gasteiger partial charge in [0.2, 0.25) is 11.8 Å². The molecule has 2 aliphatic heterocycles. The maximum Gasteiger partial charge on any atom is 0.311 e. The minimum absolute atomic E-state index is 0.0315. The molecule has 1 aromatic rings. The number of hydrogen-bond donors (Lipinski definition) is 2. The number of carbonyl (C=O) groups is 3. The summed E-state index contributed by atoms with van der Waals surface area (Å²) in [6.45, 7) is 2.17. The number of rotatable bonds is 6. The number of carbonyl (C=O) groups excluding carboxylic acids is 2. The van der Waals surface area contributed by atoms with Gasteiger partial charge in [-0.1, -0.05) is 0 Å². The molecule has 2 amide bonds. The fourth-order valence-corrected chi connectivity index (χ4v) is 4.31. The van der Waals surface area contributed by atoms with Gasteiger partial charge in [-0.05, 0) is 36.3 Å². The second-order valence-corrected chi connectivity index (χ2v) is 7.91. The topological polar surface area (TPSA) is 95.9 Å². The summed E-state index contributed by atoms with van der Waals surface area (Å²) in [5, 5.41) is 14.2. The predicted octanol–water partition coefficient (Wildman–Crippen LogP) is 1.41. The monoisotopic (exact) mass is 380 g/mol. The molecule has 1 aromatic heterocycles. The fourth-order valence-electron chi connectivity index (χ4n) is 3.42. The Kier molecular flexibility index (Phi) is 5.93. The number of hydrogen-bond acceptors (Lipinski definition) is 5. The summed E-state index contributed by atoms with van der Waals surface area (Å²) in [5.74, 6) is -1.22. The first-order chi connectivity index (χ1) is 12.5. The van der Waals surface area contributed by atoms with Crippen molar-refractivity contribution in [3.8, 4) is 0 Å². The maximum absolute atomic E-state index is 12.4. The minimum atomic E-state index is -0.958. The van der Waals surface area contributed by atoms with Crippen LogP contribution in [0.4, 0.5) is 0 Å². The summed E-state index contributed by atoms with van der Waals surface area (Å²) in [6.07, 6.45) is 1.87. The van der Waals surface area contributed by atoms with Gasteiger partial charge in [0.25, 0.3) is 0 Å². The second-order valence-electron chi connectivity index (χ2n) is 6.91. The lowest BCUT2D eigenvalue weighted by Crippen LogP contribution is -2.46. The van der Waals surface area contributed by atoms with Gasteiger partial charge in [0.15, 0.2) is 0 Å². The molecule has 3 heterocycles. The van der Waals surface area contributed by atoms with Gasteiger partial charge in [0.1, 0.15) is 0 Å². The number of thiophene rings is 1. The molecule has 0 saturated carbocycles. The number of amides is 2. The normalized spacial score (nSPS) is 18.8. The molecule has 7 nitrogen and oxygen atoms in total. The number of carboxylic acid groups (broad SMARTS) is 1. The molecule has 0 radical (unpaired) electrons. The Morgan fingerprint density at radius 3 is 2.77 bits per heavy atom. The van der Waals surface area contributed by atoms with Crippen molar-refractivity contribution in [1.29, 1.82) is 0 Å². The first-order valence-corrected chi connectivity index (χ1v) is 9.79. The van der Waals surface area contributed by atoms with Gasteiger partial charge in [-0.3, -0.25) is 14.4 Å².